The lowest BCUT2D eigenvalue weighted by Gasteiger charge is -2.12. The van der Waals surface area contributed by atoms with Gasteiger partial charge in [0.05, 0.1) is 4.90 Å². The van der Waals surface area contributed by atoms with E-state index in [0.29, 0.717) is 0 Å². The van der Waals surface area contributed by atoms with Gasteiger partial charge in [-0.1, -0.05) is 54.6 Å². The molecule has 1 saturated heterocycles. The third-order valence-electron chi connectivity index (χ3n) is 3.70. The summed E-state index contributed by atoms with van der Waals surface area (Å²) >= 11 is 0. The first-order chi connectivity index (χ1) is 10.1. The number of hydrogen-bond donors (Lipinski definition) is 0. The minimum Gasteiger partial charge on any atom is -0.343 e. The molecule has 0 bridgehead atoms. The maximum absolute atomic E-state index is 12.9. The Bertz CT molecular complexity index is 738. The molecule has 0 aliphatic carbocycles. The van der Waals surface area contributed by atoms with Crippen LogP contribution < -0.4 is 0 Å². The summed E-state index contributed by atoms with van der Waals surface area (Å²) < 4.78 is 31.5. The summed E-state index contributed by atoms with van der Waals surface area (Å²) in [7, 11) is -3.58. The Hall–Kier alpha value is -1.91. The topological polar surface area (TPSA) is 46.7 Å². The molecule has 3 nitrogen and oxygen atoms in total. The van der Waals surface area contributed by atoms with Gasteiger partial charge >= 0.3 is 0 Å². The lowest BCUT2D eigenvalue weighted by atomic mass is 10.1. The summed E-state index contributed by atoms with van der Waals surface area (Å²) in [4.78, 5) is -0.942. The normalized spacial score (nSPS) is 24.5. The van der Waals surface area contributed by atoms with E-state index in [1.54, 1.807) is 36.4 Å². The highest BCUT2D eigenvalue weighted by atomic mass is 32.2. The van der Waals surface area contributed by atoms with E-state index in [2.05, 4.69) is 6.58 Å². The fourth-order valence-corrected chi connectivity index (χ4v) is 4.48. The van der Waals surface area contributed by atoms with Gasteiger partial charge in [-0.05, 0) is 17.7 Å². The molecule has 4 heteroatoms. The van der Waals surface area contributed by atoms with Crippen LogP contribution in [0.4, 0.5) is 0 Å². The molecule has 3 rings (SSSR count). The fourth-order valence-electron chi connectivity index (χ4n) is 2.58. The molecule has 0 N–H and O–H groups in total. The molecule has 0 aromatic heterocycles. The van der Waals surface area contributed by atoms with Crippen LogP contribution in [0.2, 0.25) is 0 Å². The van der Waals surface area contributed by atoms with Gasteiger partial charge in [-0.2, -0.15) is 0 Å². The van der Waals surface area contributed by atoms with Gasteiger partial charge in [-0.25, -0.2) is 8.42 Å². The Morgan fingerprint density at radius 2 is 1.62 bits per heavy atom. The maximum atomic E-state index is 12.9. The van der Waals surface area contributed by atoms with Crippen molar-refractivity contribution in [2.24, 2.45) is 0 Å². The van der Waals surface area contributed by atoms with E-state index >= 15 is 0 Å². The van der Waals surface area contributed by atoms with Crippen LogP contribution in [-0.2, 0) is 14.6 Å². The van der Waals surface area contributed by atoms with Crippen molar-refractivity contribution in [3.63, 3.8) is 0 Å². The van der Waals surface area contributed by atoms with Gasteiger partial charge in [-0.3, -0.25) is 0 Å². The average Bonchev–Trinajstić information content (AvgIpc) is 3.26. The summed E-state index contributed by atoms with van der Waals surface area (Å²) in [5.74, 6) is 0. The highest BCUT2D eigenvalue weighted by Crippen LogP contribution is 2.57. The van der Waals surface area contributed by atoms with Crippen molar-refractivity contribution in [3.05, 3.63) is 78.9 Å². The second kappa shape index (κ2) is 5.13. The van der Waals surface area contributed by atoms with Crippen LogP contribution in [0.15, 0.2) is 78.2 Å². The molecule has 1 fully saturated rings. The predicted octanol–water partition coefficient (Wildman–Crippen LogP) is 3.50. The van der Waals surface area contributed by atoms with Crippen molar-refractivity contribution in [1.29, 1.82) is 0 Å². The van der Waals surface area contributed by atoms with Crippen molar-refractivity contribution in [2.45, 2.75) is 22.4 Å². The molecule has 21 heavy (non-hydrogen) atoms. The predicted molar refractivity (Wildman–Crippen MR) is 81.4 cm³/mol. The summed E-state index contributed by atoms with van der Waals surface area (Å²) in [6.45, 7) is 3.68. The van der Waals surface area contributed by atoms with E-state index in [4.69, 9.17) is 4.74 Å². The van der Waals surface area contributed by atoms with Crippen LogP contribution in [0.5, 0.6) is 0 Å². The standard InChI is InChI=1S/C17H16O3S/c1-2-13-17(16(20-17)14-9-5-3-6-10-14)21(18,19)15-11-7-4-8-12-15/h2-12,16H,1,13H2. The van der Waals surface area contributed by atoms with E-state index in [9.17, 15) is 8.42 Å². The monoisotopic (exact) mass is 300 g/mol. The third kappa shape index (κ3) is 2.20. The van der Waals surface area contributed by atoms with Crippen LogP contribution in [0.25, 0.3) is 0 Å². The quantitative estimate of drug-likeness (QED) is 0.627. The number of epoxide rings is 1. The molecule has 2 atom stereocenters. The molecule has 1 aliphatic rings. The van der Waals surface area contributed by atoms with Crippen LogP contribution in [0.1, 0.15) is 18.1 Å². The smallest absolute Gasteiger partial charge is 0.211 e. The molecule has 1 aliphatic heterocycles. The lowest BCUT2D eigenvalue weighted by Crippen LogP contribution is -2.25. The van der Waals surface area contributed by atoms with Gasteiger partial charge < -0.3 is 4.74 Å². The van der Waals surface area contributed by atoms with Crippen molar-refractivity contribution >= 4 is 9.84 Å². The van der Waals surface area contributed by atoms with Gasteiger partial charge in [0.25, 0.3) is 0 Å². The highest BCUT2D eigenvalue weighted by molar-refractivity contribution is 7.93. The number of hydrogen-bond acceptors (Lipinski definition) is 3. The van der Waals surface area contributed by atoms with Gasteiger partial charge in [0, 0.05) is 6.42 Å². The van der Waals surface area contributed by atoms with Crippen LogP contribution >= 0.6 is 0 Å². The van der Waals surface area contributed by atoms with Crippen LogP contribution in [-0.4, -0.2) is 13.4 Å². The molecular weight excluding hydrogens is 284 g/mol. The summed E-state index contributed by atoms with van der Waals surface area (Å²) in [5.41, 5.74) is 0.874. The minimum absolute atomic E-state index is 0.268. The van der Waals surface area contributed by atoms with Crippen LogP contribution in [0, 0.1) is 0 Å². The first kappa shape index (κ1) is 14.0. The van der Waals surface area contributed by atoms with Crippen molar-refractivity contribution in [2.75, 3.05) is 0 Å². The van der Waals surface area contributed by atoms with Gasteiger partial charge in [0.15, 0.2) is 0 Å². The first-order valence-electron chi connectivity index (χ1n) is 6.75. The second-order valence-electron chi connectivity index (χ2n) is 5.03. The number of rotatable bonds is 5. The van der Waals surface area contributed by atoms with Gasteiger partial charge in [0.1, 0.15) is 6.10 Å². The summed E-state index contributed by atoms with van der Waals surface area (Å²) in [6.07, 6.45) is 1.43. The fraction of sp³-hybridized carbons (Fsp3) is 0.176. The molecule has 2 unspecified atom stereocenters. The number of benzene rings is 2. The largest absolute Gasteiger partial charge is 0.343 e. The summed E-state index contributed by atoms with van der Waals surface area (Å²) in [6, 6.07) is 17.9. The Morgan fingerprint density at radius 3 is 2.19 bits per heavy atom. The Morgan fingerprint density at radius 1 is 1.05 bits per heavy atom. The second-order valence-corrected chi connectivity index (χ2v) is 7.20. The third-order valence-corrected chi connectivity index (χ3v) is 5.98. The molecule has 1 heterocycles. The first-order valence-corrected chi connectivity index (χ1v) is 8.23. The molecule has 2 aromatic rings. The SMILES string of the molecule is C=CCC1(S(=O)(=O)c2ccccc2)OC1c1ccccc1. The number of sulfone groups is 1. The van der Waals surface area contributed by atoms with Gasteiger partial charge in [0.2, 0.25) is 14.8 Å². The zero-order chi connectivity index (χ0) is 14.9. The van der Waals surface area contributed by atoms with Crippen molar-refractivity contribution < 1.29 is 13.2 Å². The molecule has 0 spiro atoms. The molecule has 0 radical (unpaired) electrons. The molecule has 0 amide bonds. The lowest BCUT2D eigenvalue weighted by molar-refractivity contribution is 0.346. The zero-order valence-corrected chi connectivity index (χ0v) is 12.3. The van der Waals surface area contributed by atoms with Crippen molar-refractivity contribution in [1.82, 2.24) is 0 Å². The Balaban J connectivity index is 2.03. The van der Waals surface area contributed by atoms with E-state index in [1.807, 2.05) is 30.3 Å². The Labute approximate surface area is 124 Å². The van der Waals surface area contributed by atoms with E-state index in [1.165, 1.54) is 0 Å². The maximum Gasteiger partial charge on any atom is 0.211 e. The Kier molecular flexibility index (Phi) is 3.43. The highest BCUT2D eigenvalue weighted by Gasteiger charge is 2.66. The van der Waals surface area contributed by atoms with E-state index < -0.39 is 20.9 Å². The van der Waals surface area contributed by atoms with E-state index in [0.717, 1.165) is 5.56 Å². The van der Waals surface area contributed by atoms with Crippen LogP contribution in [0.3, 0.4) is 0 Å². The molecule has 2 aromatic carbocycles. The molecule has 108 valence electrons. The number of ether oxygens (including phenoxy) is 1. The average molecular weight is 300 g/mol. The molecular formula is C17H16O3S. The molecule has 0 saturated carbocycles. The van der Waals surface area contributed by atoms with E-state index in [-0.39, 0.29) is 11.3 Å². The summed E-state index contributed by atoms with van der Waals surface area (Å²) in [5, 5.41) is 0. The minimum atomic E-state index is -3.58. The zero-order valence-electron chi connectivity index (χ0n) is 11.5. The van der Waals surface area contributed by atoms with Gasteiger partial charge in [-0.15, -0.1) is 6.58 Å². The van der Waals surface area contributed by atoms with Crippen molar-refractivity contribution in [3.8, 4) is 0 Å².